The number of unbranched alkanes of at least 4 members (excludes halogenated alkanes) is 3. The Morgan fingerprint density at radius 1 is 1.05 bits per heavy atom. The van der Waals surface area contributed by atoms with Gasteiger partial charge in [-0.2, -0.15) is 4.98 Å². The number of rotatable bonds is 8. The molecule has 0 saturated heterocycles. The molecule has 21 heavy (non-hydrogen) atoms. The Bertz CT molecular complexity index is 563. The second-order valence-corrected chi connectivity index (χ2v) is 5.65. The van der Waals surface area contributed by atoms with E-state index in [1.54, 1.807) is 0 Å². The summed E-state index contributed by atoms with van der Waals surface area (Å²) in [4.78, 5) is 4.47. The quantitative estimate of drug-likeness (QED) is 0.756. The maximum Gasteiger partial charge on any atom is 0.226 e. The zero-order valence-corrected chi connectivity index (χ0v) is 13.1. The lowest BCUT2D eigenvalue weighted by Gasteiger charge is -2.02. The smallest absolute Gasteiger partial charge is 0.226 e. The Labute approximate surface area is 126 Å². The fourth-order valence-corrected chi connectivity index (χ4v) is 2.33. The van der Waals surface area contributed by atoms with E-state index in [1.165, 1.54) is 29.5 Å². The van der Waals surface area contributed by atoms with Crippen LogP contribution in [0.25, 0.3) is 0 Å². The number of aromatic nitrogens is 2. The van der Waals surface area contributed by atoms with Crippen LogP contribution >= 0.6 is 0 Å². The van der Waals surface area contributed by atoms with Gasteiger partial charge in [0.05, 0.1) is 0 Å². The van der Waals surface area contributed by atoms with Crippen molar-refractivity contribution in [2.45, 2.75) is 52.4 Å². The highest BCUT2D eigenvalue weighted by molar-refractivity contribution is 5.31. The lowest BCUT2D eigenvalue weighted by atomic mass is 10.0. The molecule has 0 atom stereocenters. The van der Waals surface area contributed by atoms with Crippen molar-refractivity contribution in [3.63, 3.8) is 0 Å². The number of benzene rings is 1. The van der Waals surface area contributed by atoms with Crippen LogP contribution in [0.2, 0.25) is 0 Å². The fraction of sp³-hybridized carbons (Fsp3) is 0.529. The first kappa shape index (κ1) is 15.7. The summed E-state index contributed by atoms with van der Waals surface area (Å²) in [6.45, 7) is 5.03. The van der Waals surface area contributed by atoms with Gasteiger partial charge in [-0.1, -0.05) is 36.2 Å². The molecule has 0 aliphatic rings. The third kappa shape index (κ3) is 4.97. The molecular formula is C17H25N3O. The molecule has 0 unspecified atom stereocenters. The van der Waals surface area contributed by atoms with Crippen LogP contribution in [-0.2, 0) is 12.8 Å². The standard InChI is InChI=1S/C17H25N3O/c1-13-8-9-15(11-14(13)2)12-16-19-17(21-20-16)7-5-3-4-6-10-18/h8-9,11H,3-7,10,12,18H2,1-2H3. The molecule has 0 spiro atoms. The van der Waals surface area contributed by atoms with E-state index in [2.05, 4.69) is 42.2 Å². The van der Waals surface area contributed by atoms with Gasteiger partial charge in [-0.05, 0) is 49.9 Å². The van der Waals surface area contributed by atoms with Crippen molar-refractivity contribution in [2.24, 2.45) is 5.73 Å². The molecule has 2 aromatic rings. The maximum absolute atomic E-state index is 5.48. The predicted molar refractivity (Wildman–Crippen MR) is 84.2 cm³/mol. The summed E-state index contributed by atoms with van der Waals surface area (Å²) in [5, 5.41) is 4.07. The van der Waals surface area contributed by atoms with E-state index in [0.717, 1.165) is 43.9 Å². The van der Waals surface area contributed by atoms with E-state index in [-0.39, 0.29) is 0 Å². The van der Waals surface area contributed by atoms with Crippen LogP contribution < -0.4 is 5.73 Å². The second kappa shape index (κ2) is 7.93. The molecule has 0 bridgehead atoms. The van der Waals surface area contributed by atoms with Gasteiger partial charge >= 0.3 is 0 Å². The highest BCUT2D eigenvalue weighted by atomic mass is 16.5. The predicted octanol–water partition coefficient (Wildman–Crippen LogP) is 3.34. The summed E-state index contributed by atoms with van der Waals surface area (Å²) in [6, 6.07) is 6.46. The molecular weight excluding hydrogens is 262 g/mol. The molecule has 0 aliphatic carbocycles. The molecule has 0 radical (unpaired) electrons. The summed E-state index contributed by atoms with van der Waals surface area (Å²) in [5.74, 6) is 1.52. The van der Waals surface area contributed by atoms with E-state index in [0.29, 0.717) is 0 Å². The van der Waals surface area contributed by atoms with Gasteiger partial charge in [-0.25, -0.2) is 0 Å². The normalized spacial score (nSPS) is 11.0. The molecule has 1 aromatic carbocycles. The van der Waals surface area contributed by atoms with Crippen LogP contribution in [0.4, 0.5) is 0 Å². The van der Waals surface area contributed by atoms with Crippen molar-refractivity contribution < 1.29 is 4.52 Å². The third-order valence-electron chi connectivity index (χ3n) is 3.79. The molecule has 4 heteroatoms. The van der Waals surface area contributed by atoms with Crippen LogP contribution in [0, 0.1) is 13.8 Å². The maximum atomic E-state index is 5.48. The first-order chi connectivity index (χ1) is 10.2. The molecule has 4 nitrogen and oxygen atoms in total. The minimum atomic E-state index is 0.734. The van der Waals surface area contributed by atoms with Crippen LogP contribution in [0.1, 0.15) is 54.1 Å². The molecule has 1 heterocycles. The van der Waals surface area contributed by atoms with Gasteiger partial charge in [-0.15, -0.1) is 0 Å². The van der Waals surface area contributed by atoms with Crippen molar-refractivity contribution in [1.29, 1.82) is 0 Å². The Kier molecular flexibility index (Phi) is 5.93. The van der Waals surface area contributed by atoms with Crippen molar-refractivity contribution >= 4 is 0 Å². The summed E-state index contributed by atoms with van der Waals surface area (Å²) in [5.41, 5.74) is 9.32. The van der Waals surface area contributed by atoms with E-state index in [4.69, 9.17) is 10.3 Å². The fourth-order valence-electron chi connectivity index (χ4n) is 2.33. The second-order valence-electron chi connectivity index (χ2n) is 5.65. The van der Waals surface area contributed by atoms with E-state index in [9.17, 15) is 0 Å². The van der Waals surface area contributed by atoms with Gasteiger partial charge in [0.1, 0.15) is 0 Å². The van der Waals surface area contributed by atoms with Crippen LogP contribution in [-0.4, -0.2) is 16.7 Å². The minimum Gasteiger partial charge on any atom is -0.339 e. The van der Waals surface area contributed by atoms with Gasteiger partial charge in [0.25, 0.3) is 0 Å². The Balaban J connectivity index is 1.83. The molecule has 0 saturated carbocycles. The number of nitrogens with two attached hydrogens (primary N) is 1. The monoisotopic (exact) mass is 287 g/mol. The van der Waals surface area contributed by atoms with Crippen molar-refractivity contribution in [3.05, 3.63) is 46.6 Å². The van der Waals surface area contributed by atoms with Gasteiger partial charge in [-0.3, -0.25) is 0 Å². The highest BCUT2D eigenvalue weighted by Crippen LogP contribution is 2.13. The molecule has 0 amide bonds. The van der Waals surface area contributed by atoms with Gasteiger partial charge in [0.2, 0.25) is 5.89 Å². The Morgan fingerprint density at radius 2 is 1.86 bits per heavy atom. The molecule has 0 fully saturated rings. The van der Waals surface area contributed by atoms with Gasteiger partial charge in [0.15, 0.2) is 5.82 Å². The lowest BCUT2D eigenvalue weighted by Crippen LogP contribution is -1.98. The number of aryl methyl sites for hydroxylation is 3. The minimum absolute atomic E-state index is 0.734. The van der Waals surface area contributed by atoms with Crippen LogP contribution in [0.3, 0.4) is 0 Å². The average Bonchev–Trinajstić information content (AvgIpc) is 2.90. The van der Waals surface area contributed by atoms with Gasteiger partial charge in [0, 0.05) is 12.8 Å². The zero-order chi connectivity index (χ0) is 15.1. The van der Waals surface area contributed by atoms with Crippen molar-refractivity contribution in [3.8, 4) is 0 Å². The Morgan fingerprint density at radius 3 is 2.62 bits per heavy atom. The van der Waals surface area contributed by atoms with E-state index < -0.39 is 0 Å². The highest BCUT2D eigenvalue weighted by Gasteiger charge is 2.07. The first-order valence-corrected chi connectivity index (χ1v) is 7.76. The molecule has 2 N–H and O–H groups in total. The first-order valence-electron chi connectivity index (χ1n) is 7.76. The summed E-state index contributed by atoms with van der Waals surface area (Å²) < 4.78 is 5.31. The summed E-state index contributed by atoms with van der Waals surface area (Å²) in [6.07, 6.45) is 6.14. The molecule has 0 aliphatic heterocycles. The van der Waals surface area contributed by atoms with Crippen molar-refractivity contribution in [1.82, 2.24) is 10.1 Å². The topological polar surface area (TPSA) is 64.9 Å². The number of hydrogen-bond acceptors (Lipinski definition) is 4. The third-order valence-corrected chi connectivity index (χ3v) is 3.79. The molecule has 2 rings (SSSR count). The van der Waals surface area contributed by atoms with Gasteiger partial charge < -0.3 is 10.3 Å². The number of nitrogens with zero attached hydrogens (tertiary/aromatic N) is 2. The largest absolute Gasteiger partial charge is 0.339 e. The van der Waals surface area contributed by atoms with E-state index >= 15 is 0 Å². The van der Waals surface area contributed by atoms with E-state index in [1.807, 2.05) is 0 Å². The molecule has 114 valence electrons. The Hall–Kier alpha value is -1.68. The summed E-state index contributed by atoms with van der Waals surface area (Å²) in [7, 11) is 0. The molecule has 1 aromatic heterocycles. The average molecular weight is 287 g/mol. The lowest BCUT2D eigenvalue weighted by molar-refractivity contribution is 0.369. The number of hydrogen-bond donors (Lipinski definition) is 1. The van der Waals surface area contributed by atoms with Crippen LogP contribution in [0.15, 0.2) is 22.7 Å². The summed E-state index contributed by atoms with van der Waals surface area (Å²) >= 11 is 0. The van der Waals surface area contributed by atoms with Crippen molar-refractivity contribution in [2.75, 3.05) is 6.54 Å². The zero-order valence-electron chi connectivity index (χ0n) is 13.1. The van der Waals surface area contributed by atoms with Crippen LogP contribution in [0.5, 0.6) is 0 Å². The SMILES string of the molecule is Cc1ccc(Cc2noc(CCCCCCN)n2)cc1C.